The second kappa shape index (κ2) is 12.6. The Morgan fingerprint density at radius 2 is 1.38 bits per heavy atom. The highest BCUT2D eigenvalue weighted by molar-refractivity contribution is 6.04. The number of anilines is 1. The number of hydrogen-bond donors (Lipinski definition) is 2. The zero-order valence-electron chi connectivity index (χ0n) is 21.5. The fourth-order valence-electron chi connectivity index (χ4n) is 3.57. The van der Waals surface area contributed by atoms with Crippen LogP contribution < -0.4 is 29.0 Å². The summed E-state index contributed by atoms with van der Waals surface area (Å²) in [5.41, 5.74) is 1.86. The van der Waals surface area contributed by atoms with Gasteiger partial charge in [-0.2, -0.15) is 0 Å². The average Bonchev–Trinajstić information content (AvgIpc) is 2.90. The van der Waals surface area contributed by atoms with Crippen molar-refractivity contribution >= 4 is 23.6 Å². The van der Waals surface area contributed by atoms with Crippen molar-refractivity contribution in [1.29, 1.82) is 0 Å². The number of hydrogen-bond acceptors (Lipinski definition) is 8. The van der Waals surface area contributed by atoms with E-state index in [0.29, 0.717) is 28.5 Å². The molecule has 0 aliphatic carbocycles. The molecule has 3 aromatic carbocycles. The van der Waals surface area contributed by atoms with Crippen LogP contribution in [0.15, 0.2) is 60.8 Å². The molecule has 0 aliphatic rings. The number of halogens is 3. The van der Waals surface area contributed by atoms with Gasteiger partial charge in [-0.05, 0) is 59.7 Å². The van der Waals surface area contributed by atoms with Crippen LogP contribution in [0.25, 0.3) is 12.2 Å². The van der Waals surface area contributed by atoms with Gasteiger partial charge in [-0.25, -0.2) is 0 Å². The Balaban J connectivity index is 1.79. The second-order valence-corrected chi connectivity index (χ2v) is 7.83. The quantitative estimate of drug-likeness (QED) is 0.165. The molecule has 0 spiro atoms. The van der Waals surface area contributed by atoms with Crippen molar-refractivity contribution in [2.45, 2.75) is 6.36 Å². The third-order valence-corrected chi connectivity index (χ3v) is 5.30. The van der Waals surface area contributed by atoms with Crippen LogP contribution in [0.3, 0.4) is 0 Å². The number of phenolic OH excluding ortho intramolecular Hbond substituents is 1. The Labute approximate surface area is 222 Å². The van der Waals surface area contributed by atoms with Gasteiger partial charge in [0, 0.05) is 17.8 Å². The Hall–Kier alpha value is -4.80. The maximum absolute atomic E-state index is 12.4. The van der Waals surface area contributed by atoms with Gasteiger partial charge in [0.25, 0.3) is 0 Å². The van der Waals surface area contributed by atoms with Crippen LogP contribution in [0.4, 0.5) is 18.9 Å². The minimum atomic E-state index is -4.82. The minimum absolute atomic E-state index is 0.144. The summed E-state index contributed by atoms with van der Waals surface area (Å²) in [5, 5.41) is 13.3. The first kappa shape index (κ1) is 28.8. The van der Waals surface area contributed by atoms with Crippen LogP contribution in [-0.2, 0) is 0 Å². The van der Waals surface area contributed by atoms with Gasteiger partial charge in [-0.1, -0.05) is 12.2 Å². The van der Waals surface area contributed by atoms with E-state index in [1.807, 2.05) is 0 Å². The molecule has 0 radical (unpaired) electrons. The van der Waals surface area contributed by atoms with Crippen LogP contribution in [0.2, 0.25) is 0 Å². The number of ether oxygens (including phenoxy) is 5. The lowest BCUT2D eigenvalue weighted by Crippen LogP contribution is -2.17. The number of carbonyl (C=O) groups excluding carboxylic acids is 1. The van der Waals surface area contributed by atoms with E-state index in [1.165, 1.54) is 58.9 Å². The van der Waals surface area contributed by atoms with Crippen molar-refractivity contribution in [1.82, 2.24) is 0 Å². The summed E-state index contributed by atoms with van der Waals surface area (Å²) >= 11 is 0. The number of carbonyl (C=O) groups is 1. The molecule has 0 saturated heterocycles. The number of phenols is 1. The van der Waals surface area contributed by atoms with Gasteiger partial charge in [0.2, 0.25) is 5.75 Å². The molecule has 0 heterocycles. The second-order valence-electron chi connectivity index (χ2n) is 7.83. The van der Waals surface area contributed by atoms with Crippen LogP contribution >= 0.6 is 0 Å². The Morgan fingerprint density at radius 3 is 1.90 bits per heavy atom. The summed E-state index contributed by atoms with van der Waals surface area (Å²) in [7, 11) is 5.92. The lowest BCUT2D eigenvalue weighted by atomic mass is 10.1. The van der Waals surface area contributed by atoms with E-state index in [9.17, 15) is 23.1 Å². The van der Waals surface area contributed by atoms with Gasteiger partial charge in [0.05, 0.1) is 34.1 Å². The molecule has 0 atom stereocenters. The fraction of sp³-hybridized carbons (Fsp3) is 0.179. The molecule has 0 aromatic heterocycles. The predicted octanol–water partition coefficient (Wildman–Crippen LogP) is 6.30. The third kappa shape index (κ3) is 7.60. The number of aromatic hydroxyl groups is 1. The molecule has 8 nitrogen and oxygen atoms in total. The maximum atomic E-state index is 12.4. The number of ketones is 1. The molecule has 0 amide bonds. The zero-order chi connectivity index (χ0) is 28.6. The van der Waals surface area contributed by atoms with Gasteiger partial charge in [0.15, 0.2) is 28.8 Å². The smallest absolute Gasteiger partial charge is 0.504 e. The standard InChI is InChI=1S/C28H26F3NO7/c1-35-24-15-18(16-25(36-2)27(24)38-4)6-5-17-13-21(26(37-3)23(34)14-17)32-12-11-22(33)19-7-9-20(10-8-19)39-28(29,30)31/h5-16,32,34H,1-4H3/b6-5-,12-11-. The predicted molar refractivity (Wildman–Crippen MR) is 140 cm³/mol. The van der Waals surface area contributed by atoms with E-state index < -0.39 is 17.9 Å². The highest BCUT2D eigenvalue weighted by Gasteiger charge is 2.31. The van der Waals surface area contributed by atoms with E-state index in [2.05, 4.69) is 10.1 Å². The average molecular weight is 546 g/mol. The van der Waals surface area contributed by atoms with Gasteiger partial charge >= 0.3 is 6.36 Å². The normalized spacial score (nSPS) is 11.5. The fourth-order valence-corrected chi connectivity index (χ4v) is 3.57. The molecule has 3 aromatic rings. The van der Waals surface area contributed by atoms with E-state index >= 15 is 0 Å². The van der Waals surface area contributed by atoms with Crippen molar-refractivity contribution in [3.8, 4) is 34.5 Å². The molecule has 0 fully saturated rings. The van der Waals surface area contributed by atoms with Crippen molar-refractivity contribution in [2.24, 2.45) is 0 Å². The molecule has 39 heavy (non-hydrogen) atoms. The van der Waals surface area contributed by atoms with Crippen molar-refractivity contribution < 1.29 is 46.8 Å². The van der Waals surface area contributed by atoms with E-state index in [-0.39, 0.29) is 17.1 Å². The number of nitrogens with one attached hydrogen (secondary N) is 1. The Morgan fingerprint density at radius 1 is 0.821 bits per heavy atom. The molecular weight excluding hydrogens is 519 g/mol. The van der Waals surface area contributed by atoms with Gasteiger partial charge < -0.3 is 34.1 Å². The molecule has 206 valence electrons. The van der Waals surface area contributed by atoms with Crippen LogP contribution in [-0.4, -0.2) is 45.7 Å². The van der Waals surface area contributed by atoms with E-state index in [0.717, 1.165) is 17.7 Å². The van der Waals surface area contributed by atoms with E-state index in [4.69, 9.17) is 18.9 Å². The number of benzene rings is 3. The van der Waals surface area contributed by atoms with Crippen LogP contribution in [0.1, 0.15) is 21.5 Å². The van der Waals surface area contributed by atoms with Gasteiger partial charge in [0.1, 0.15) is 5.75 Å². The molecule has 3 rings (SSSR count). The molecule has 0 aliphatic heterocycles. The highest BCUT2D eigenvalue weighted by atomic mass is 19.4. The molecule has 11 heteroatoms. The molecule has 0 saturated carbocycles. The van der Waals surface area contributed by atoms with Crippen molar-refractivity contribution in [3.05, 3.63) is 77.5 Å². The monoisotopic (exact) mass is 545 g/mol. The lowest BCUT2D eigenvalue weighted by molar-refractivity contribution is -0.274. The van der Waals surface area contributed by atoms with Gasteiger partial charge in [-0.15, -0.1) is 13.2 Å². The third-order valence-electron chi connectivity index (χ3n) is 5.30. The number of allylic oxidation sites excluding steroid dienone is 1. The number of alkyl halides is 3. The summed E-state index contributed by atoms with van der Waals surface area (Å²) in [6.07, 6.45) is 1.21. The first-order valence-electron chi connectivity index (χ1n) is 11.3. The van der Waals surface area contributed by atoms with Crippen LogP contribution in [0, 0.1) is 0 Å². The minimum Gasteiger partial charge on any atom is -0.504 e. The van der Waals surface area contributed by atoms with Gasteiger partial charge in [-0.3, -0.25) is 4.79 Å². The van der Waals surface area contributed by atoms with Crippen molar-refractivity contribution in [3.63, 3.8) is 0 Å². The van der Waals surface area contributed by atoms with E-state index in [1.54, 1.807) is 30.4 Å². The topological polar surface area (TPSA) is 95.5 Å². The summed E-state index contributed by atoms with van der Waals surface area (Å²) in [5.74, 6) is 0.512. The summed E-state index contributed by atoms with van der Waals surface area (Å²) in [6, 6.07) is 11.2. The summed E-state index contributed by atoms with van der Waals surface area (Å²) in [4.78, 5) is 12.4. The molecular formula is C28H26F3NO7. The summed E-state index contributed by atoms with van der Waals surface area (Å²) < 4.78 is 62.1. The molecule has 0 bridgehead atoms. The van der Waals surface area contributed by atoms with Crippen molar-refractivity contribution in [2.75, 3.05) is 33.8 Å². The maximum Gasteiger partial charge on any atom is 0.573 e. The summed E-state index contributed by atoms with van der Waals surface area (Å²) in [6.45, 7) is 0. The SMILES string of the molecule is COc1cc(/C=C\c2cc(O)c(OC)c(N/C=C\C(=O)c3ccc(OC(F)(F)F)cc3)c2)cc(OC)c1OC. The lowest BCUT2D eigenvalue weighted by Gasteiger charge is -2.13. The number of rotatable bonds is 11. The highest BCUT2D eigenvalue weighted by Crippen LogP contribution is 2.39. The largest absolute Gasteiger partial charge is 0.573 e. The Kier molecular flexibility index (Phi) is 9.32. The Bertz CT molecular complexity index is 1340. The molecule has 0 unspecified atom stereocenters. The van der Waals surface area contributed by atoms with Crippen LogP contribution in [0.5, 0.6) is 34.5 Å². The number of methoxy groups -OCH3 is 4. The zero-order valence-corrected chi connectivity index (χ0v) is 21.5. The first-order valence-corrected chi connectivity index (χ1v) is 11.3. The molecule has 2 N–H and O–H groups in total. The first-order chi connectivity index (χ1) is 18.6.